The summed E-state index contributed by atoms with van der Waals surface area (Å²) >= 11 is 0. The van der Waals surface area contributed by atoms with Crippen molar-refractivity contribution >= 4 is 5.91 Å². The van der Waals surface area contributed by atoms with Crippen molar-refractivity contribution in [2.75, 3.05) is 0 Å². The molecule has 0 aliphatic carbocycles. The first-order chi connectivity index (χ1) is 11.0. The molecule has 0 N–H and O–H groups in total. The first kappa shape index (κ1) is 15.7. The van der Waals surface area contributed by atoms with Crippen molar-refractivity contribution in [3.63, 3.8) is 0 Å². The first-order valence-electron chi connectivity index (χ1n) is 8.01. The Labute approximate surface area is 135 Å². The van der Waals surface area contributed by atoms with Crippen LogP contribution in [0.15, 0.2) is 34.9 Å². The maximum absolute atomic E-state index is 13.0. The summed E-state index contributed by atoms with van der Waals surface area (Å²) in [6.07, 6.45) is 1.99. The van der Waals surface area contributed by atoms with Gasteiger partial charge < -0.3 is 9.42 Å². The number of piperidine rings is 1. The van der Waals surface area contributed by atoms with E-state index in [9.17, 15) is 9.18 Å². The van der Waals surface area contributed by atoms with E-state index in [4.69, 9.17) is 4.52 Å². The number of halogens is 1. The van der Waals surface area contributed by atoms with Gasteiger partial charge in [-0.05, 0) is 56.9 Å². The molecule has 23 heavy (non-hydrogen) atoms. The Balaban J connectivity index is 1.82. The minimum Gasteiger partial charge on any atom is -0.350 e. The largest absolute Gasteiger partial charge is 0.350 e. The number of benzene rings is 1. The molecule has 1 aromatic heterocycles. The molecule has 3 rings (SSSR count). The third kappa shape index (κ3) is 3.14. The Morgan fingerprint density at radius 2 is 1.78 bits per heavy atom. The molecule has 1 aliphatic heterocycles. The summed E-state index contributed by atoms with van der Waals surface area (Å²) in [7, 11) is 0. The van der Waals surface area contributed by atoms with E-state index in [1.165, 1.54) is 12.1 Å². The normalized spacial score (nSPS) is 24.7. The Morgan fingerprint density at radius 1 is 1.17 bits per heavy atom. The molecule has 0 bridgehead atoms. The smallest absolute Gasteiger partial charge is 0.292 e. The molecular weight excluding hydrogens is 295 g/mol. The lowest BCUT2D eigenvalue weighted by molar-refractivity contribution is 0.0394. The van der Waals surface area contributed by atoms with Crippen LogP contribution < -0.4 is 0 Å². The summed E-state index contributed by atoms with van der Waals surface area (Å²) in [6.45, 7) is 6.36. The fraction of sp³-hybridized carbons (Fsp3) is 0.444. The highest BCUT2D eigenvalue weighted by Crippen LogP contribution is 2.29. The molecule has 4 nitrogen and oxygen atoms in total. The van der Waals surface area contributed by atoms with Crippen molar-refractivity contribution in [2.24, 2.45) is 5.92 Å². The SMILES string of the molecule is CC1CC(C)N(C(=O)c2cc(-c3ccc(F)cc3)no2)C(C)C1. The topological polar surface area (TPSA) is 46.3 Å². The second-order valence-corrected chi connectivity index (χ2v) is 6.57. The van der Waals surface area contributed by atoms with Crippen molar-refractivity contribution in [1.29, 1.82) is 0 Å². The van der Waals surface area contributed by atoms with E-state index in [2.05, 4.69) is 25.9 Å². The van der Waals surface area contributed by atoms with Gasteiger partial charge in [0.15, 0.2) is 0 Å². The fourth-order valence-electron chi connectivity index (χ4n) is 3.58. The first-order valence-corrected chi connectivity index (χ1v) is 8.01. The van der Waals surface area contributed by atoms with Crippen molar-refractivity contribution in [3.05, 3.63) is 41.9 Å². The second-order valence-electron chi connectivity index (χ2n) is 6.57. The summed E-state index contributed by atoms with van der Waals surface area (Å²) in [5.74, 6) is 0.419. The number of likely N-dealkylation sites (tertiary alicyclic amines) is 1. The molecule has 122 valence electrons. The maximum atomic E-state index is 13.0. The van der Waals surface area contributed by atoms with E-state index in [0.717, 1.165) is 18.4 Å². The molecule has 1 amide bonds. The number of hydrogen-bond acceptors (Lipinski definition) is 3. The van der Waals surface area contributed by atoms with Crippen LogP contribution in [0, 0.1) is 11.7 Å². The van der Waals surface area contributed by atoms with Crippen LogP contribution in [0.3, 0.4) is 0 Å². The average molecular weight is 316 g/mol. The van der Waals surface area contributed by atoms with Crippen LogP contribution in [0.25, 0.3) is 11.3 Å². The molecule has 1 fully saturated rings. The molecule has 5 heteroatoms. The molecule has 2 heterocycles. The second kappa shape index (κ2) is 6.14. The van der Waals surface area contributed by atoms with Crippen LogP contribution in [-0.4, -0.2) is 28.0 Å². The van der Waals surface area contributed by atoms with E-state index in [-0.39, 0.29) is 29.6 Å². The van der Waals surface area contributed by atoms with Crippen LogP contribution in [0.2, 0.25) is 0 Å². The summed E-state index contributed by atoms with van der Waals surface area (Å²) in [4.78, 5) is 14.6. The lowest BCUT2D eigenvalue weighted by Gasteiger charge is -2.41. The van der Waals surface area contributed by atoms with Gasteiger partial charge in [-0.1, -0.05) is 12.1 Å². The van der Waals surface area contributed by atoms with Crippen LogP contribution >= 0.6 is 0 Å². The Morgan fingerprint density at radius 3 is 2.39 bits per heavy atom. The van der Waals surface area contributed by atoms with Gasteiger partial charge in [0, 0.05) is 23.7 Å². The molecule has 2 atom stereocenters. The molecular formula is C18H21FN2O2. The summed E-state index contributed by atoms with van der Waals surface area (Å²) in [5.41, 5.74) is 1.27. The van der Waals surface area contributed by atoms with Gasteiger partial charge in [-0.25, -0.2) is 4.39 Å². The molecule has 1 aliphatic rings. The van der Waals surface area contributed by atoms with Crippen LogP contribution in [0.1, 0.15) is 44.2 Å². The predicted molar refractivity (Wildman–Crippen MR) is 85.4 cm³/mol. The van der Waals surface area contributed by atoms with Crippen molar-refractivity contribution in [3.8, 4) is 11.3 Å². The highest BCUT2D eigenvalue weighted by molar-refractivity contribution is 5.93. The maximum Gasteiger partial charge on any atom is 0.292 e. The highest BCUT2D eigenvalue weighted by atomic mass is 19.1. The molecule has 2 aromatic rings. The molecule has 2 unspecified atom stereocenters. The monoisotopic (exact) mass is 316 g/mol. The average Bonchev–Trinajstić information content (AvgIpc) is 2.96. The fourth-order valence-corrected chi connectivity index (χ4v) is 3.58. The van der Waals surface area contributed by atoms with E-state index >= 15 is 0 Å². The van der Waals surface area contributed by atoms with Gasteiger partial charge in [0.05, 0.1) is 0 Å². The number of rotatable bonds is 2. The zero-order valence-electron chi connectivity index (χ0n) is 13.6. The number of nitrogens with zero attached hydrogens (tertiary/aromatic N) is 2. The number of hydrogen-bond donors (Lipinski definition) is 0. The molecule has 0 saturated carbocycles. The lowest BCUT2D eigenvalue weighted by Crippen LogP contribution is -2.49. The summed E-state index contributed by atoms with van der Waals surface area (Å²) < 4.78 is 18.2. The molecule has 0 spiro atoms. The van der Waals surface area contributed by atoms with Crippen LogP contribution in [0.4, 0.5) is 4.39 Å². The molecule has 1 aromatic carbocycles. The number of aromatic nitrogens is 1. The van der Waals surface area contributed by atoms with E-state index in [1.807, 2.05) is 4.90 Å². The molecule has 0 radical (unpaired) electrons. The van der Waals surface area contributed by atoms with Gasteiger partial charge in [-0.2, -0.15) is 0 Å². The summed E-state index contributed by atoms with van der Waals surface area (Å²) in [5, 5.41) is 3.95. The van der Waals surface area contributed by atoms with Crippen molar-refractivity contribution in [1.82, 2.24) is 10.1 Å². The Kier molecular flexibility index (Phi) is 4.20. The minimum absolute atomic E-state index is 0.127. The highest BCUT2D eigenvalue weighted by Gasteiger charge is 2.34. The third-order valence-electron chi connectivity index (χ3n) is 4.53. The van der Waals surface area contributed by atoms with Crippen molar-refractivity contribution < 1.29 is 13.7 Å². The van der Waals surface area contributed by atoms with Gasteiger partial charge in [0.2, 0.25) is 5.76 Å². The van der Waals surface area contributed by atoms with Crippen molar-refractivity contribution in [2.45, 2.75) is 45.7 Å². The van der Waals surface area contributed by atoms with Gasteiger partial charge in [-0.15, -0.1) is 0 Å². The number of carbonyl (C=O) groups is 1. The third-order valence-corrected chi connectivity index (χ3v) is 4.53. The summed E-state index contributed by atoms with van der Waals surface area (Å²) in [6, 6.07) is 7.96. The Bertz CT molecular complexity index is 683. The lowest BCUT2D eigenvalue weighted by atomic mass is 9.88. The van der Waals surface area contributed by atoms with Gasteiger partial charge in [-0.3, -0.25) is 4.79 Å². The van der Waals surface area contributed by atoms with Crippen LogP contribution in [-0.2, 0) is 0 Å². The zero-order chi connectivity index (χ0) is 16.6. The van der Waals surface area contributed by atoms with Gasteiger partial charge >= 0.3 is 0 Å². The Hall–Kier alpha value is -2.17. The van der Waals surface area contributed by atoms with E-state index in [1.54, 1.807) is 18.2 Å². The molecule has 1 saturated heterocycles. The minimum atomic E-state index is -0.307. The number of carbonyl (C=O) groups excluding carboxylic acids is 1. The zero-order valence-corrected chi connectivity index (χ0v) is 13.6. The van der Waals surface area contributed by atoms with Crippen LogP contribution in [0.5, 0.6) is 0 Å². The van der Waals surface area contributed by atoms with Gasteiger partial charge in [0.25, 0.3) is 5.91 Å². The number of amides is 1. The van der Waals surface area contributed by atoms with E-state index in [0.29, 0.717) is 11.6 Å². The van der Waals surface area contributed by atoms with E-state index < -0.39 is 0 Å². The van der Waals surface area contributed by atoms with Gasteiger partial charge in [0.1, 0.15) is 11.5 Å². The quantitative estimate of drug-likeness (QED) is 0.837. The standard InChI is InChI=1S/C18H21FN2O2/c1-11-8-12(2)21(13(3)9-11)18(22)17-10-16(20-23-17)14-4-6-15(19)7-5-14/h4-7,10-13H,8-9H2,1-3H3. The predicted octanol–water partition coefficient (Wildman–Crippen LogP) is 4.13.